The van der Waals surface area contributed by atoms with Crippen molar-refractivity contribution in [3.8, 4) is 0 Å². The zero-order valence-electron chi connectivity index (χ0n) is 10.6. The largest absolute Gasteiger partial charge is 0.391 e. The Morgan fingerprint density at radius 1 is 1.33 bits per heavy atom. The highest BCUT2D eigenvalue weighted by molar-refractivity contribution is 5.89. The first-order valence-corrected chi connectivity index (χ1v) is 6.47. The number of urea groups is 1. The van der Waals surface area contributed by atoms with Crippen LogP contribution in [-0.2, 0) is 0 Å². The van der Waals surface area contributed by atoms with Crippen molar-refractivity contribution in [3.05, 3.63) is 29.8 Å². The Labute approximate surface area is 107 Å². The second-order valence-corrected chi connectivity index (χ2v) is 4.93. The van der Waals surface area contributed by atoms with Gasteiger partial charge in [0.15, 0.2) is 0 Å². The molecule has 0 aromatic heterocycles. The van der Waals surface area contributed by atoms with E-state index in [1.807, 2.05) is 31.2 Å². The molecule has 2 amide bonds. The van der Waals surface area contributed by atoms with Gasteiger partial charge in [-0.2, -0.15) is 0 Å². The van der Waals surface area contributed by atoms with Gasteiger partial charge in [0.2, 0.25) is 0 Å². The Kier molecular flexibility index (Phi) is 4.20. The third-order valence-corrected chi connectivity index (χ3v) is 3.32. The molecule has 2 rings (SSSR count). The van der Waals surface area contributed by atoms with Crippen molar-refractivity contribution in [2.75, 3.05) is 5.32 Å². The van der Waals surface area contributed by atoms with Gasteiger partial charge in [0.05, 0.1) is 12.1 Å². The van der Waals surface area contributed by atoms with Gasteiger partial charge in [-0.3, -0.25) is 0 Å². The van der Waals surface area contributed by atoms with Crippen LogP contribution < -0.4 is 10.6 Å². The number of aliphatic hydroxyl groups excluding tert-OH is 1. The number of hydrogen-bond donors (Lipinski definition) is 3. The molecule has 1 aromatic carbocycles. The van der Waals surface area contributed by atoms with Gasteiger partial charge in [-0.1, -0.05) is 25.0 Å². The molecule has 98 valence electrons. The van der Waals surface area contributed by atoms with Crippen LogP contribution in [0.4, 0.5) is 10.5 Å². The highest BCUT2D eigenvalue weighted by Crippen LogP contribution is 2.18. The summed E-state index contributed by atoms with van der Waals surface area (Å²) in [7, 11) is 0. The summed E-state index contributed by atoms with van der Waals surface area (Å²) in [5.74, 6) is 0. The second-order valence-electron chi connectivity index (χ2n) is 4.93. The highest BCUT2D eigenvalue weighted by atomic mass is 16.3. The fourth-order valence-corrected chi connectivity index (χ4v) is 2.34. The van der Waals surface area contributed by atoms with E-state index in [1.165, 1.54) is 0 Å². The second kappa shape index (κ2) is 5.87. The zero-order chi connectivity index (χ0) is 13.0. The lowest BCUT2D eigenvalue weighted by Crippen LogP contribution is -2.46. The molecule has 1 aliphatic carbocycles. The van der Waals surface area contributed by atoms with E-state index in [0.717, 1.165) is 36.9 Å². The molecular formula is C14H20N2O2. The molecule has 0 bridgehead atoms. The predicted molar refractivity (Wildman–Crippen MR) is 71.6 cm³/mol. The van der Waals surface area contributed by atoms with Crippen molar-refractivity contribution >= 4 is 11.7 Å². The normalized spacial score (nSPS) is 23.4. The van der Waals surface area contributed by atoms with Gasteiger partial charge in [0, 0.05) is 5.69 Å². The van der Waals surface area contributed by atoms with Crippen molar-refractivity contribution < 1.29 is 9.90 Å². The summed E-state index contributed by atoms with van der Waals surface area (Å²) in [5, 5.41) is 15.4. The number of rotatable bonds is 2. The molecule has 0 aliphatic heterocycles. The molecule has 1 aromatic rings. The van der Waals surface area contributed by atoms with Gasteiger partial charge in [-0.05, 0) is 37.5 Å². The molecule has 4 heteroatoms. The maximum Gasteiger partial charge on any atom is 0.319 e. The standard InChI is InChI=1S/C14H20N2O2/c1-10-5-4-6-11(9-10)15-14(18)16-12-7-2-3-8-13(12)17/h4-6,9,12-13,17H,2-3,7-8H2,1H3,(H2,15,16,18)/t12-,13-/m1/s1. The monoisotopic (exact) mass is 248 g/mol. The number of benzene rings is 1. The van der Waals surface area contributed by atoms with E-state index >= 15 is 0 Å². The Balaban J connectivity index is 1.88. The van der Waals surface area contributed by atoms with Crippen molar-refractivity contribution in [2.24, 2.45) is 0 Å². The van der Waals surface area contributed by atoms with Gasteiger partial charge < -0.3 is 15.7 Å². The molecule has 3 N–H and O–H groups in total. The Bertz CT molecular complexity index is 420. The molecule has 1 aliphatic rings. The number of aliphatic hydroxyl groups is 1. The maximum absolute atomic E-state index is 11.8. The first-order chi connectivity index (χ1) is 8.65. The molecule has 0 unspecified atom stereocenters. The minimum Gasteiger partial charge on any atom is -0.391 e. The van der Waals surface area contributed by atoms with Gasteiger partial charge >= 0.3 is 6.03 Å². The summed E-state index contributed by atoms with van der Waals surface area (Å²) < 4.78 is 0. The SMILES string of the molecule is Cc1cccc(NC(=O)N[C@@H]2CCCC[C@H]2O)c1. The summed E-state index contributed by atoms with van der Waals surface area (Å²) in [6.07, 6.45) is 3.31. The number of anilines is 1. The molecule has 0 radical (unpaired) electrons. The molecule has 4 nitrogen and oxygen atoms in total. The van der Waals surface area contributed by atoms with E-state index in [4.69, 9.17) is 0 Å². The Morgan fingerprint density at radius 2 is 2.11 bits per heavy atom. The third kappa shape index (κ3) is 3.47. The number of carbonyl (C=O) groups is 1. The number of aryl methyl sites for hydroxylation is 1. The third-order valence-electron chi connectivity index (χ3n) is 3.32. The average Bonchev–Trinajstić information content (AvgIpc) is 2.32. The number of amides is 2. The van der Waals surface area contributed by atoms with Crippen LogP contribution in [0.2, 0.25) is 0 Å². The Morgan fingerprint density at radius 3 is 2.83 bits per heavy atom. The number of carbonyl (C=O) groups excluding carboxylic acids is 1. The van der Waals surface area contributed by atoms with E-state index in [9.17, 15) is 9.90 Å². The van der Waals surface area contributed by atoms with Gasteiger partial charge in [0.1, 0.15) is 0 Å². The minimum absolute atomic E-state index is 0.122. The average molecular weight is 248 g/mol. The fraction of sp³-hybridized carbons (Fsp3) is 0.500. The summed E-state index contributed by atoms with van der Waals surface area (Å²) >= 11 is 0. The maximum atomic E-state index is 11.8. The van der Waals surface area contributed by atoms with Crippen molar-refractivity contribution in [1.82, 2.24) is 5.32 Å². The van der Waals surface area contributed by atoms with E-state index in [1.54, 1.807) is 0 Å². The smallest absolute Gasteiger partial charge is 0.319 e. The zero-order valence-corrected chi connectivity index (χ0v) is 10.6. The van der Waals surface area contributed by atoms with Crippen molar-refractivity contribution in [2.45, 2.75) is 44.8 Å². The molecule has 2 atom stereocenters. The Hall–Kier alpha value is -1.55. The first kappa shape index (κ1) is 12.9. The summed E-state index contributed by atoms with van der Waals surface area (Å²) in [5.41, 5.74) is 1.88. The molecule has 1 fully saturated rings. The van der Waals surface area contributed by atoms with Crippen LogP contribution in [-0.4, -0.2) is 23.3 Å². The van der Waals surface area contributed by atoms with Crippen LogP contribution >= 0.6 is 0 Å². The van der Waals surface area contributed by atoms with Gasteiger partial charge in [-0.25, -0.2) is 4.79 Å². The molecular weight excluding hydrogens is 228 g/mol. The van der Waals surface area contributed by atoms with Gasteiger partial charge in [0.25, 0.3) is 0 Å². The molecule has 0 spiro atoms. The summed E-state index contributed by atoms with van der Waals surface area (Å²) in [6.45, 7) is 1.98. The van der Waals surface area contributed by atoms with Gasteiger partial charge in [-0.15, -0.1) is 0 Å². The molecule has 1 saturated carbocycles. The summed E-state index contributed by atoms with van der Waals surface area (Å²) in [6, 6.07) is 7.28. The lowest BCUT2D eigenvalue weighted by atomic mass is 9.93. The quantitative estimate of drug-likeness (QED) is 0.752. The fourth-order valence-electron chi connectivity index (χ4n) is 2.34. The molecule has 0 saturated heterocycles. The minimum atomic E-state index is -0.415. The van der Waals surface area contributed by atoms with Crippen LogP contribution in [0.1, 0.15) is 31.2 Å². The van der Waals surface area contributed by atoms with E-state index < -0.39 is 6.10 Å². The number of hydrogen-bond acceptors (Lipinski definition) is 2. The molecule has 18 heavy (non-hydrogen) atoms. The number of nitrogens with one attached hydrogen (secondary N) is 2. The van der Waals surface area contributed by atoms with Crippen molar-refractivity contribution in [3.63, 3.8) is 0 Å². The van der Waals surface area contributed by atoms with Crippen LogP contribution in [0.15, 0.2) is 24.3 Å². The van der Waals surface area contributed by atoms with Crippen LogP contribution in [0.3, 0.4) is 0 Å². The summed E-state index contributed by atoms with van der Waals surface area (Å²) in [4.78, 5) is 11.8. The lowest BCUT2D eigenvalue weighted by molar-refractivity contribution is 0.0955. The van der Waals surface area contributed by atoms with E-state index in [-0.39, 0.29) is 12.1 Å². The van der Waals surface area contributed by atoms with Crippen LogP contribution in [0.25, 0.3) is 0 Å². The lowest BCUT2D eigenvalue weighted by Gasteiger charge is -2.28. The predicted octanol–water partition coefficient (Wildman–Crippen LogP) is 2.42. The van der Waals surface area contributed by atoms with Crippen LogP contribution in [0, 0.1) is 6.92 Å². The first-order valence-electron chi connectivity index (χ1n) is 6.47. The van der Waals surface area contributed by atoms with Crippen LogP contribution in [0.5, 0.6) is 0 Å². The molecule has 0 heterocycles. The van der Waals surface area contributed by atoms with E-state index in [0.29, 0.717) is 0 Å². The highest BCUT2D eigenvalue weighted by Gasteiger charge is 2.24. The van der Waals surface area contributed by atoms with Crippen molar-refractivity contribution in [1.29, 1.82) is 0 Å². The topological polar surface area (TPSA) is 61.4 Å². The van der Waals surface area contributed by atoms with E-state index in [2.05, 4.69) is 10.6 Å².